The van der Waals surface area contributed by atoms with Crippen molar-refractivity contribution in [2.24, 2.45) is 0 Å². The van der Waals surface area contributed by atoms with E-state index in [1.54, 1.807) is 18.7 Å². The predicted molar refractivity (Wildman–Crippen MR) is 58.6 cm³/mol. The van der Waals surface area contributed by atoms with Crippen LogP contribution in [0.1, 0.15) is 39.5 Å². The molecule has 1 heterocycles. The number of rotatable bonds is 2. The van der Waals surface area contributed by atoms with E-state index in [-0.39, 0.29) is 5.78 Å². The van der Waals surface area contributed by atoms with Gasteiger partial charge in [-0.1, -0.05) is 11.6 Å². The lowest BCUT2D eigenvalue weighted by atomic mass is 10.1. The van der Waals surface area contributed by atoms with Gasteiger partial charge < -0.3 is 0 Å². The molecule has 2 heteroatoms. The van der Waals surface area contributed by atoms with E-state index < -0.39 is 0 Å². The summed E-state index contributed by atoms with van der Waals surface area (Å²) in [6, 6.07) is 0. The summed E-state index contributed by atoms with van der Waals surface area (Å²) in [7, 11) is 0. The molecule has 0 spiro atoms. The van der Waals surface area contributed by atoms with Gasteiger partial charge in [0, 0.05) is 6.42 Å². The smallest absolute Gasteiger partial charge is 0.133 e. The number of hydrogen-bond donors (Lipinski definition) is 0. The Hall–Kier alpha value is -0.500. The number of thioether (sulfide) groups is 1. The van der Waals surface area contributed by atoms with Crippen LogP contribution >= 0.6 is 11.8 Å². The topological polar surface area (TPSA) is 17.1 Å². The number of carbonyl (C=O) groups excluding carboxylic acids is 1. The highest BCUT2D eigenvalue weighted by Crippen LogP contribution is 2.26. The molecular weight excluding hydrogens is 180 g/mol. The zero-order chi connectivity index (χ0) is 9.68. The molecule has 0 radical (unpaired) electrons. The molecule has 0 bridgehead atoms. The molecule has 72 valence electrons. The van der Waals surface area contributed by atoms with E-state index in [0.717, 1.165) is 12.8 Å². The number of Topliss-reactive ketones (excluding diaryl/α,β-unsaturated/α-hetero) is 1. The number of carbonyl (C=O) groups is 1. The molecule has 1 aliphatic heterocycles. The Morgan fingerprint density at radius 3 is 3.08 bits per heavy atom. The molecule has 13 heavy (non-hydrogen) atoms. The Morgan fingerprint density at radius 2 is 2.38 bits per heavy atom. The predicted octanol–water partition coefficient (Wildman–Crippen LogP) is 3.67. The number of ketones is 1. The summed E-state index contributed by atoms with van der Waals surface area (Å²) >= 11 is 1.75. The van der Waals surface area contributed by atoms with Gasteiger partial charge in [0.2, 0.25) is 0 Å². The molecule has 0 fully saturated rings. The largest absolute Gasteiger partial charge is 0.300 e. The van der Waals surface area contributed by atoms with Crippen molar-refractivity contribution in [2.45, 2.75) is 39.5 Å². The van der Waals surface area contributed by atoms with Gasteiger partial charge in [-0.3, -0.25) is 4.79 Å². The van der Waals surface area contributed by atoms with Crippen LogP contribution in [0.2, 0.25) is 0 Å². The first-order chi connectivity index (χ1) is 6.18. The Bertz CT molecular complexity index is 251. The van der Waals surface area contributed by atoms with Gasteiger partial charge in [0.15, 0.2) is 0 Å². The Balaban J connectivity index is 2.57. The standard InChI is InChI=1S/C11H16OS/c1-9(12)7-11-6-4-3-5-10(2)13-8-11/h5,8H,3-4,6-7H2,1-2H3. The van der Waals surface area contributed by atoms with Crippen molar-refractivity contribution < 1.29 is 4.79 Å². The van der Waals surface area contributed by atoms with Crippen LogP contribution in [0.3, 0.4) is 0 Å². The van der Waals surface area contributed by atoms with E-state index >= 15 is 0 Å². The lowest BCUT2D eigenvalue weighted by molar-refractivity contribution is -0.116. The van der Waals surface area contributed by atoms with Crippen LogP contribution in [0.4, 0.5) is 0 Å². The zero-order valence-electron chi connectivity index (χ0n) is 8.30. The lowest BCUT2D eigenvalue weighted by Gasteiger charge is -2.08. The van der Waals surface area contributed by atoms with Crippen molar-refractivity contribution in [3.8, 4) is 0 Å². The van der Waals surface area contributed by atoms with Gasteiger partial charge in [-0.2, -0.15) is 0 Å². The summed E-state index contributed by atoms with van der Waals surface area (Å²) < 4.78 is 0. The van der Waals surface area contributed by atoms with E-state index in [9.17, 15) is 4.79 Å². The van der Waals surface area contributed by atoms with E-state index in [0.29, 0.717) is 6.42 Å². The van der Waals surface area contributed by atoms with E-state index in [1.807, 2.05) is 0 Å². The average molecular weight is 196 g/mol. The summed E-state index contributed by atoms with van der Waals surface area (Å²) in [4.78, 5) is 12.3. The maximum atomic E-state index is 10.9. The van der Waals surface area contributed by atoms with Gasteiger partial charge in [-0.25, -0.2) is 0 Å². The fourth-order valence-electron chi connectivity index (χ4n) is 1.37. The van der Waals surface area contributed by atoms with Crippen LogP contribution in [0.15, 0.2) is 22.0 Å². The van der Waals surface area contributed by atoms with Crippen molar-refractivity contribution in [3.05, 3.63) is 22.0 Å². The average Bonchev–Trinajstić information content (AvgIpc) is 2.03. The highest BCUT2D eigenvalue weighted by atomic mass is 32.2. The van der Waals surface area contributed by atoms with Crippen molar-refractivity contribution in [3.63, 3.8) is 0 Å². The molecule has 1 rings (SSSR count). The second-order valence-electron chi connectivity index (χ2n) is 3.48. The molecule has 0 aliphatic carbocycles. The van der Waals surface area contributed by atoms with Gasteiger partial charge >= 0.3 is 0 Å². The zero-order valence-corrected chi connectivity index (χ0v) is 9.12. The van der Waals surface area contributed by atoms with Crippen LogP contribution in [0, 0.1) is 0 Å². The summed E-state index contributed by atoms with van der Waals surface area (Å²) in [5.41, 5.74) is 1.30. The molecule has 1 aliphatic rings. The molecular formula is C11H16OS. The van der Waals surface area contributed by atoms with Gasteiger partial charge in [0.1, 0.15) is 5.78 Å². The van der Waals surface area contributed by atoms with Crippen LogP contribution in [-0.4, -0.2) is 5.78 Å². The van der Waals surface area contributed by atoms with Crippen molar-refractivity contribution in [1.82, 2.24) is 0 Å². The highest BCUT2D eigenvalue weighted by Gasteiger charge is 2.04. The maximum Gasteiger partial charge on any atom is 0.133 e. The second kappa shape index (κ2) is 5.28. The van der Waals surface area contributed by atoms with Crippen LogP contribution in [0.25, 0.3) is 0 Å². The van der Waals surface area contributed by atoms with Gasteiger partial charge in [0.05, 0.1) is 0 Å². The van der Waals surface area contributed by atoms with Crippen LogP contribution < -0.4 is 0 Å². The molecule has 0 saturated carbocycles. The minimum Gasteiger partial charge on any atom is -0.300 e. The van der Waals surface area contributed by atoms with Gasteiger partial charge in [-0.15, -0.1) is 11.8 Å². The van der Waals surface area contributed by atoms with E-state index in [4.69, 9.17) is 0 Å². The Labute approximate surface area is 84.3 Å². The summed E-state index contributed by atoms with van der Waals surface area (Å²) in [5, 5.41) is 2.15. The molecule has 0 amide bonds. The minimum absolute atomic E-state index is 0.272. The maximum absolute atomic E-state index is 10.9. The molecule has 1 nitrogen and oxygen atoms in total. The molecule has 0 atom stereocenters. The van der Waals surface area contributed by atoms with Crippen molar-refractivity contribution in [1.29, 1.82) is 0 Å². The molecule has 0 unspecified atom stereocenters. The van der Waals surface area contributed by atoms with E-state index in [1.165, 1.54) is 16.9 Å². The van der Waals surface area contributed by atoms with Crippen LogP contribution in [-0.2, 0) is 4.79 Å². The first kappa shape index (κ1) is 10.6. The highest BCUT2D eigenvalue weighted by molar-refractivity contribution is 8.05. The quantitative estimate of drug-likeness (QED) is 0.670. The lowest BCUT2D eigenvalue weighted by Crippen LogP contribution is -1.94. The van der Waals surface area contributed by atoms with Gasteiger partial charge in [0.25, 0.3) is 0 Å². The minimum atomic E-state index is 0.272. The van der Waals surface area contributed by atoms with Gasteiger partial charge in [-0.05, 0) is 43.4 Å². The van der Waals surface area contributed by atoms with Crippen LogP contribution in [0.5, 0.6) is 0 Å². The number of hydrogen-bond acceptors (Lipinski definition) is 2. The SMILES string of the molecule is CC(=O)CC1=CSC(C)=CCCC1. The fraction of sp³-hybridized carbons (Fsp3) is 0.545. The molecule has 0 aromatic rings. The monoisotopic (exact) mass is 196 g/mol. The van der Waals surface area contributed by atoms with Crippen molar-refractivity contribution in [2.75, 3.05) is 0 Å². The Morgan fingerprint density at radius 1 is 1.62 bits per heavy atom. The first-order valence-corrected chi connectivity index (χ1v) is 5.57. The fourth-order valence-corrected chi connectivity index (χ4v) is 2.14. The third kappa shape index (κ3) is 4.32. The third-order valence-electron chi connectivity index (χ3n) is 2.02. The first-order valence-electron chi connectivity index (χ1n) is 4.69. The molecule has 0 aromatic carbocycles. The van der Waals surface area contributed by atoms with Crippen molar-refractivity contribution >= 4 is 17.5 Å². The van der Waals surface area contributed by atoms with E-state index in [2.05, 4.69) is 18.4 Å². The normalized spacial score (nSPS) is 18.3. The molecule has 0 aromatic heterocycles. The number of allylic oxidation sites excluding steroid dienone is 3. The summed E-state index contributed by atoms with van der Waals surface area (Å²) in [6.45, 7) is 3.78. The second-order valence-corrected chi connectivity index (χ2v) is 4.60. The molecule has 0 saturated heterocycles. The third-order valence-corrected chi connectivity index (χ3v) is 3.01. The molecule has 0 N–H and O–H groups in total. The Kier molecular flexibility index (Phi) is 4.29. The summed E-state index contributed by atoms with van der Waals surface area (Å²) in [5.74, 6) is 0.272. The summed E-state index contributed by atoms with van der Waals surface area (Å²) in [6.07, 6.45) is 6.31.